The molecule has 0 fully saturated rings. The molecule has 0 amide bonds. The van der Waals surface area contributed by atoms with Crippen molar-refractivity contribution >= 4 is 17.2 Å². The van der Waals surface area contributed by atoms with Gasteiger partial charge in [0.2, 0.25) is 5.89 Å². The third kappa shape index (κ3) is 2.86. The lowest BCUT2D eigenvalue weighted by Gasteiger charge is -1.98. The Balaban J connectivity index is 0.000000847. The number of aromatic hydroxyl groups is 1. The molecule has 22 heavy (non-hydrogen) atoms. The van der Waals surface area contributed by atoms with Gasteiger partial charge in [-0.15, -0.1) is 0 Å². The zero-order valence-electron chi connectivity index (χ0n) is 12.9. The van der Waals surface area contributed by atoms with Crippen molar-refractivity contribution in [2.24, 2.45) is 0 Å². The van der Waals surface area contributed by atoms with Crippen LogP contribution in [-0.2, 0) is 0 Å². The van der Waals surface area contributed by atoms with Crippen LogP contribution >= 0.6 is 0 Å². The van der Waals surface area contributed by atoms with Gasteiger partial charge in [0.05, 0.1) is 0 Å². The van der Waals surface area contributed by atoms with Crippen LogP contribution in [0.4, 0.5) is 4.39 Å². The normalized spacial score (nSPS) is 10.2. The summed E-state index contributed by atoms with van der Waals surface area (Å²) in [5.74, 6) is -0.787. The topological polar surface area (TPSA) is 46.3 Å². The lowest BCUT2D eigenvalue weighted by atomic mass is 10.1. The Hall–Kier alpha value is -2.62. The van der Waals surface area contributed by atoms with Crippen molar-refractivity contribution in [1.82, 2.24) is 4.98 Å². The van der Waals surface area contributed by atoms with Crippen LogP contribution < -0.4 is 0 Å². The molecule has 0 atom stereocenters. The fourth-order valence-corrected chi connectivity index (χ4v) is 2.12. The largest absolute Gasteiger partial charge is 0.505 e. The van der Waals surface area contributed by atoms with E-state index in [1.807, 2.05) is 32.9 Å². The average Bonchev–Trinajstić information content (AvgIpc) is 2.95. The number of phenolic OH excluding ortho intramolecular Hbond substituents is 1. The molecule has 3 aromatic rings. The van der Waals surface area contributed by atoms with E-state index in [-0.39, 0.29) is 0 Å². The minimum Gasteiger partial charge on any atom is -0.505 e. The summed E-state index contributed by atoms with van der Waals surface area (Å²) in [6.45, 7) is 9.71. The fraction of sp³-hybridized carbons (Fsp3) is 0.167. The van der Waals surface area contributed by atoms with Crippen LogP contribution in [0.15, 0.2) is 41.3 Å². The lowest BCUT2D eigenvalue weighted by Crippen LogP contribution is -1.81. The summed E-state index contributed by atoms with van der Waals surface area (Å²) in [6.07, 6.45) is 1.70. The minimum atomic E-state index is -0.704. The maximum absolute atomic E-state index is 13.4. The standard InChI is InChI=1S/C16H12FNO2.C2H6/c1-3-10-6-9(2)7-13-15(10)20-16(18-13)11-4-5-14(19)12(17)8-11;1-2/h3-8,19H,1H2,2H3;1-2H3. The van der Waals surface area contributed by atoms with E-state index in [9.17, 15) is 9.50 Å². The molecule has 1 N–H and O–H groups in total. The maximum Gasteiger partial charge on any atom is 0.227 e. The third-order valence-electron chi connectivity index (χ3n) is 3.08. The highest BCUT2D eigenvalue weighted by molar-refractivity contribution is 5.85. The summed E-state index contributed by atoms with van der Waals surface area (Å²) in [4.78, 5) is 4.36. The predicted molar refractivity (Wildman–Crippen MR) is 87.2 cm³/mol. The second-order valence-corrected chi connectivity index (χ2v) is 4.59. The molecular weight excluding hydrogens is 281 g/mol. The monoisotopic (exact) mass is 299 g/mol. The van der Waals surface area contributed by atoms with Gasteiger partial charge in [0.15, 0.2) is 17.1 Å². The molecule has 0 aliphatic carbocycles. The first kappa shape index (κ1) is 15.8. The fourth-order valence-electron chi connectivity index (χ4n) is 2.12. The molecule has 0 aliphatic heterocycles. The van der Waals surface area contributed by atoms with Gasteiger partial charge in [-0.05, 0) is 42.8 Å². The molecule has 0 saturated carbocycles. The van der Waals surface area contributed by atoms with E-state index >= 15 is 0 Å². The molecule has 114 valence electrons. The van der Waals surface area contributed by atoms with Gasteiger partial charge in [0.1, 0.15) is 5.52 Å². The summed E-state index contributed by atoms with van der Waals surface area (Å²) in [5.41, 5.74) is 3.68. The molecule has 4 heteroatoms. The number of fused-ring (bicyclic) bond motifs is 1. The van der Waals surface area contributed by atoms with Crippen molar-refractivity contribution in [3.8, 4) is 17.2 Å². The highest BCUT2D eigenvalue weighted by Gasteiger charge is 2.13. The van der Waals surface area contributed by atoms with Crippen molar-refractivity contribution in [2.45, 2.75) is 20.8 Å². The van der Waals surface area contributed by atoms with E-state index < -0.39 is 11.6 Å². The van der Waals surface area contributed by atoms with Gasteiger partial charge in [0.25, 0.3) is 0 Å². The van der Waals surface area contributed by atoms with E-state index in [0.29, 0.717) is 22.6 Å². The Labute approximate surface area is 128 Å². The molecule has 1 heterocycles. The van der Waals surface area contributed by atoms with Crippen LogP contribution in [0.1, 0.15) is 25.0 Å². The number of hydrogen-bond acceptors (Lipinski definition) is 3. The summed E-state index contributed by atoms with van der Waals surface area (Å²) < 4.78 is 19.1. The van der Waals surface area contributed by atoms with E-state index in [2.05, 4.69) is 11.6 Å². The Morgan fingerprint density at radius 1 is 1.23 bits per heavy atom. The lowest BCUT2D eigenvalue weighted by molar-refractivity contribution is 0.432. The zero-order valence-corrected chi connectivity index (χ0v) is 12.9. The summed E-state index contributed by atoms with van der Waals surface area (Å²) >= 11 is 0. The molecule has 3 rings (SSSR count). The van der Waals surface area contributed by atoms with Gasteiger partial charge in [-0.3, -0.25) is 0 Å². The number of benzene rings is 2. The number of oxazole rings is 1. The second kappa shape index (κ2) is 6.43. The van der Waals surface area contributed by atoms with E-state index in [1.54, 1.807) is 12.1 Å². The molecule has 0 spiro atoms. The predicted octanol–water partition coefficient (Wildman–Crippen LogP) is 5.32. The van der Waals surface area contributed by atoms with Crippen LogP contribution in [0.25, 0.3) is 28.6 Å². The molecule has 0 unspecified atom stereocenters. The Bertz CT molecular complexity index is 821. The highest BCUT2D eigenvalue weighted by atomic mass is 19.1. The molecular formula is C18H18FNO2. The van der Waals surface area contributed by atoms with E-state index in [0.717, 1.165) is 11.1 Å². The molecule has 0 saturated heterocycles. The second-order valence-electron chi connectivity index (χ2n) is 4.59. The molecule has 2 aromatic carbocycles. The highest BCUT2D eigenvalue weighted by Crippen LogP contribution is 2.30. The first-order valence-corrected chi connectivity index (χ1v) is 7.11. The molecule has 1 aromatic heterocycles. The average molecular weight is 299 g/mol. The summed E-state index contributed by atoms with van der Waals surface area (Å²) in [6, 6.07) is 7.87. The van der Waals surface area contributed by atoms with E-state index in [1.165, 1.54) is 12.1 Å². The SMILES string of the molecule is C=Cc1cc(C)cc2nc(-c3ccc(O)c(F)c3)oc12.CC. The number of aryl methyl sites for hydroxylation is 1. The van der Waals surface area contributed by atoms with Gasteiger partial charge < -0.3 is 9.52 Å². The number of phenols is 1. The van der Waals surface area contributed by atoms with Gasteiger partial charge in [0, 0.05) is 11.1 Å². The van der Waals surface area contributed by atoms with Crippen molar-refractivity contribution in [1.29, 1.82) is 0 Å². The van der Waals surface area contributed by atoms with Crippen molar-refractivity contribution in [2.75, 3.05) is 0 Å². The minimum absolute atomic E-state index is 0.313. The first-order valence-electron chi connectivity index (χ1n) is 7.11. The third-order valence-corrected chi connectivity index (χ3v) is 3.08. The van der Waals surface area contributed by atoms with Crippen LogP contribution in [0.3, 0.4) is 0 Å². The van der Waals surface area contributed by atoms with Crippen LogP contribution in [0.2, 0.25) is 0 Å². The number of nitrogens with zero attached hydrogens (tertiary/aromatic N) is 1. The molecule has 0 bridgehead atoms. The molecule has 0 radical (unpaired) electrons. The maximum atomic E-state index is 13.4. The van der Waals surface area contributed by atoms with Crippen LogP contribution in [-0.4, -0.2) is 10.1 Å². The number of hydrogen-bond donors (Lipinski definition) is 1. The number of halogens is 1. The Morgan fingerprint density at radius 3 is 2.59 bits per heavy atom. The first-order chi connectivity index (χ1) is 10.6. The van der Waals surface area contributed by atoms with Crippen molar-refractivity contribution in [3.63, 3.8) is 0 Å². The van der Waals surface area contributed by atoms with Crippen molar-refractivity contribution < 1.29 is 13.9 Å². The van der Waals surface area contributed by atoms with E-state index in [4.69, 9.17) is 4.42 Å². The van der Waals surface area contributed by atoms with Gasteiger partial charge in [-0.2, -0.15) is 0 Å². The molecule has 3 nitrogen and oxygen atoms in total. The molecule has 0 aliphatic rings. The van der Waals surface area contributed by atoms with Crippen LogP contribution in [0, 0.1) is 12.7 Å². The Morgan fingerprint density at radius 2 is 1.95 bits per heavy atom. The van der Waals surface area contributed by atoms with Crippen LogP contribution in [0.5, 0.6) is 5.75 Å². The van der Waals surface area contributed by atoms with Gasteiger partial charge in [-0.1, -0.05) is 26.5 Å². The zero-order chi connectivity index (χ0) is 16.3. The number of aromatic nitrogens is 1. The summed E-state index contributed by atoms with van der Waals surface area (Å²) in [7, 11) is 0. The van der Waals surface area contributed by atoms with Crippen molar-refractivity contribution in [3.05, 3.63) is 53.9 Å². The van der Waals surface area contributed by atoms with Gasteiger partial charge >= 0.3 is 0 Å². The van der Waals surface area contributed by atoms with Gasteiger partial charge in [-0.25, -0.2) is 9.37 Å². The summed E-state index contributed by atoms with van der Waals surface area (Å²) in [5, 5.41) is 9.21. The number of rotatable bonds is 2. The smallest absolute Gasteiger partial charge is 0.227 e. The Kier molecular flexibility index (Phi) is 4.61. The quantitative estimate of drug-likeness (QED) is 0.697.